The number of fused-ring (bicyclic) bond motifs is 1. The van der Waals surface area contributed by atoms with E-state index in [4.69, 9.17) is 15.2 Å². The number of carbonyl (C=O) groups is 2. The fourth-order valence-electron chi connectivity index (χ4n) is 2.26. The number of rotatable bonds is 6. The molecule has 1 aromatic rings. The molecule has 7 heteroatoms. The average Bonchev–Trinajstić information content (AvgIpc) is 2.84. The number of amides is 2. The summed E-state index contributed by atoms with van der Waals surface area (Å²) in [5, 5.41) is 5.14. The van der Waals surface area contributed by atoms with E-state index < -0.39 is 0 Å². The van der Waals surface area contributed by atoms with Gasteiger partial charge in [-0.3, -0.25) is 9.59 Å². The van der Waals surface area contributed by atoms with Crippen molar-refractivity contribution in [1.29, 1.82) is 0 Å². The fraction of sp³-hybridized carbons (Fsp3) is 0.467. The van der Waals surface area contributed by atoms with Crippen molar-refractivity contribution >= 4 is 17.5 Å². The SMILES string of the molecule is CCOc1cc2c(cc1NC(=O)CNC(=O)CN)OC(C)C2. The maximum Gasteiger partial charge on any atom is 0.243 e. The Morgan fingerprint density at radius 2 is 2.18 bits per heavy atom. The highest BCUT2D eigenvalue weighted by Gasteiger charge is 2.22. The lowest BCUT2D eigenvalue weighted by atomic mass is 10.1. The predicted molar refractivity (Wildman–Crippen MR) is 82.1 cm³/mol. The minimum absolute atomic E-state index is 0.110. The molecule has 1 aliphatic rings. The number of ether oxygens (including phenoxy) is 2. The Morgan fingerprint density at radius 1 is 1.41 bits per heavy atom. The summed E-state index contributed by atoms with van der Waals surface area (Å²) < 4.78 is 11.3. The van der Waals surface area contributed by atoms with Crippen molar-refractivity contribution in [3.8, 4) is 11.5 Å². The molecule has 2 rings (SSSR count). The molecule has 120 valence electrons. The maximum atomic E-state index is 11.9. The molecule has 1 heterocycles. The molecule has 0 aromatic heterocycles. The van der Waals surface area contributed by atoms with Crippen LogP contribution in [0.15, 0.2) is 12.1 Å². The van der Waals surface area contributed by atoms with Gasteiger partial charge >= 0.3 is 0 Å². The lowest BCUT2D eigenvalue weighted by molar-refractivity contribution is -0.123. The van der Waals surface area contributed by atoms with Gasteiger partial charge in [-0.2, -0.15) is 0 Å². The zero-order chi connectivity index (χ0) is 16.1. The Kier molecular flexibility index (Phi) is 5.21. The number of nitrogens with two attached hydrogens (primary N) is 1. The highest BCUT2D eigenvalue weighted by Crippen LogP contribution is 2.37. The molecule has 0 saturated heterocycles. The average molecular weight is 307 g/mol. The Bertz CT molecular complexity index is 574. The number of benzene rings is 1. The summed E-state index contributed by atoms with van der Waals surface area (Å²) in [7, 11) is 0. The maximum absolute atomic E-state index is 11.9. The second-order valence-electron chi connectivity index (χ2n) is 5.05. The standard InChI is InChI=1S/C15H21N3O4/c1-3-21-13-5-10-4-9(2)22-12(10)6-11(13)18-15(20)8-17-14(19)7-16/h5-6,9H,3-4,7-8,16H2,1-2H3,(H,17,19)(H,18,20). The molecule has 1 unspecified atom stereocenters. The van der Waals surface area contributed by atoms with E-state index in [1.165, 1.54) is 0 Å². The highest BCUT2D eigenvalue weighted by molar-refractivity contribution is 5.96. The van der Waals surface area contributed by atoms with Crippen molar-refractivity contribution in [2.24, 2.45) is 5.73 Å². The van der Waals surface area contributed by atoms with Crippen molar-refractivity contribution in [1.82, 2.24) is 5.32 Å². The molecule has 4 N–H and O–H groups in total. The first-order valence-electron chi connectivity index (χ1n) is 7.26. The first-order chi connectivity index (χ1) is 10.5. The number of anilines is 1. The second kappa shape index (κ2) is 7.13. The molecule has 0 radical (unpaired) electrons. The molecule has 22 heavy (non-hydrogen) atoms. The van der Waals surface area contributed by atoms with Crippen molar-refractivity contribution in [2.45, 2.75) is 26.4 Å². The van der Waals surface area contributed by atoms with Gasteiger partial charge in [-0.1, -0.05) is 0 Å². The third-order valence-corrected chi connectivity index (χ3v) is 3.20. The van der Waals surface area contributed by atoms with Crippen molar-refractivity contribution in [3.05, 3.63) is 17.7 Å². The number of nitrogens with one attached hydrogen (secondary N) is 2. The monoisotopic (exact) mass is 307 g/mol. The van der Waals surface area contributed by atoms with E-state index in [2.05, 4.69) is 10.6 Å². The molecular formula is C15H21N3O4. The van der Waals surface area contributed by atoms with Crippen LogP contribution in [0.3, 0.4) is 0 Å². The summed E-state index contributed by atoms with van der Waals surface area (Å²) in [5.74, 6) is 0.606. The van der Waals surface area contributed by atoms with Gasteiger partial charge in [-0.05, 0) is 19.9 Å². The van der Waals surface area contributed by atoms with Crippen molar-refractivity contribution in [2.75, 3.05) is 25.0 Å². The normalized spacial score (nSPS) is 15.7. The van der Waals surface area contributed by atoms with E-state index >= 15 is 0 Å². The van der Waals surface area contributed by atoms with Crippen LogP contribution in [0.1, 0.15) is 19.4 Å². The molecule has 0 saturated carbocycles. The fourth-order valence-corrected chi connectivity index (χ4v) is 2.26. The second-order valence-corrected chi connectivity index (χ2v) is 5.05. The Morgan fingerprint density at radius 3 is 2.86 bits per heavy atom. The van der Waals surface area contributed by atoms with E-state index in [1.54, 1.807) is 6.07 Å². The lowest BCUT2D eigenvalue weighted by Crippen LogP contribution is -2.36. The van der Waals surface area contributed by atoms with E-state index in [0.29, 0.717) is 18.0 Å². The summed E-state index contributed by atoms with van der Waals surface area (Å²) in [6.45, 7) is 4.06. The van der Waals surface area contributed by atoms with E-state index in [-0.39, 0.29) is 31.0 Å². The Balaban J connectivity index is 2.10. The molecule has 7 nitrogen and oxygen atoms in total. The molecule has 0 spiro atoms. The molecule has 0 bridgehead atoms. The van der Waals surface area contributed by atoms with E-state index in [9.17, 15) is 9.59 Å². The van der Waals surface area contributed by atoms with Crippen LogP contribution in [0.2, 0.25) is 0 Å². The van der Waals surface area contributed by atoms with Crippen molar-refractivity contribution in [3.63, 3.8) is 0 Å². The zero-order valence-electron chi connectivity index (χ0n) is 12.8. The van der Waals surface area contributed by atoms with Gasteiger partial charge in [0.25, 0.3) is 0 Å². The van der Waals surface area contributed by atoms with Crippen LogP contribution >= 0.6 is 0 Å². The number of hydrogen-bond acceptors (Lipinski definition) is 5. The van der Waals surface area contributed by atoms with Gasteiger partial charge in [0.15, 0.2) is 0 Å². The molecule has 1 aromatic carbocycles. The molecule has 1 aliphatic heterocycles. The Labute approximate surface area is 129 Å². The van der Waals surface area contributed by atoms with E-state index in [0.717, 1.165) is 17.7 Å². The Hall–Kier alpha value is -2.28. The smallest absolute Gasteiger partial charge is 0.243 e. The minimum atomic E-state index is -0.383. The summed E-state index contributed by atoms with van der Waals surface area (Å²) >= 11 is 0. The van der Waals surface area contributed by atoms with Gasteiger partial charge in [0.2, 0.25) is 11.8 Å². The molecular weight excluding hydrogens is 286 g/mol. The molecule has 2 amide bonds. The quantitative estimate of drug-likeness (QED) is 0.707. The highest BCUT2D eigenvalue weighted by atomic mass is 16.5. The van der Waals surface area contributed by atoms with Crippen LogP contribution in [0.4, 0.5) is 5.69 Å². The zero-order valence-corrected chi connectivity index (χ0v) is 12.8. The lowest BCUT2D eigenvalue weighted by Gasteiger charge is -2.13. The van der Waals surface area contributed by atoms with Crippen LogP contribution < -0.4 is 25.8 Å². The summed E-state index contributed by atoms with van der Waals surface area (Å²) in [5.41, 5.74) is 6.76. The minimum Gasteiger partial charge on any atom is -0.492 e. The molecule has 1 atom stereocenters. The first-order valence-corrected chi connectivity index (χ1v) is 7.26. The van der Waals surface area contributed by atoms with Gasteiger partial charge in [0.1, 0.15) is 17.6 Å². The summed E-state index contributed by atoms with van der Waals surface area (Å²) in [4.78, 5) is 23.0. The number of carbonyl (C=O) groups excluding carboxylic acids is 2. The van der Waals surface area contributed by atoms with Crippen LogP contribution in [0.5, 0.6) is 11.5 Å². The van der Waals surface area contributed by atoms with Crippen LogP contribution in [-0.4, -0.2) is 37.6 Å². The summed E-state index contributed by atoms with van der Waals surface area (Å²) in [6, 6.07) is 3.64. The molecule has 0 fully saturated rings. The number of hydrogen-bond donors (Lipinski definition) is 3. The van der Waals surface area contributed by atoms with Crippen LogP contribution in [0.25, 0.3) is 0 Å². The topological polar surface area (TPSA) is 103 Å². The van der Waals surface area contributed by atoms with Gasteiger partial charge in [-0.25, -0.2) is 0 Å². The molecule has 0 aliphatic carbocycles. The van der Waals surface area contributed by atoms with Crippen LogP contribution in [-0.2, 0) is 16.0 Å². The summed E-state index contributed by atoms with van der Waals surface area (Å²) in [6.07, 6.45) is 0.926. The largest absolute Gasteiger partial charge is 0.492 e. The van der Waals surface area contributed by atoms with Gasteiger partial charge in [0, 0.05) is 18.1 Å². The first kappa shape index (κ1) is 16.1. The van der Waals surface area contributed by atoms with Crippen LogP contribution in [0, 0.1) is 0 Å². The van der Waals surface area contributed by atoms with E-state index in [1.807, 2.05) is 19.9 Å². The van der Waals surface area contributed by atoms with Crippen molar-refractivity contribution < 1.29 is 19.1 Å². The predicted octanol–water partition coefficient (Wildman–Crippen LogP) is 0.422. The van der Waals surface area contributed by atoms with Gasteiger partial charge in [0.05, 0.1) is 25.4 Å². The third-order valence-electron chi connectivity index (χ3n) is 3.20. The van der Waals surface area contributed by atoms with Gasteiger partial charge < -0.3 is 25.8 Å². The third kappa shape index (κ3) is 3.88. The van der Waals surface area contributed by atoms with Gasteiger partial charge in [-0.15, -0.1) is 0 Å².